The summed E-state index contributed by atoms with van der Waals surface area (Å²) in [4.78, 5) is 29.6. The molecule has 2 aromatic rings. The number of ketones is 2. The number of aliphatic imine (C=N–C) groups is 1. The quantitative estimate of drug-likeness (QED) is 0.610. The molecule has 0 aliphatic carbocycles. The molecule has 0 N–H and O–H groups in total. The number of carbonyl (C=O) groups is 2. The van der Waals surface area contributed by atoms with E-state index < -0.39 is 5.92 Å². The fourth-order valence-corrected chi connectivity index (χ4v) is 4.76. The summed E-state index contributed by atoms with van der Waals surface area (Å²) in [5.74, 6) is -0.885. The van der Waals surface area contributed by atoms with Gasteiger partial charge in [-0.25, -0.2) is 4.99 Å². The number of thioether (sulfide) groups is 1. The summed E-state index contributed by atoms with van der Waals surface area (Å²) in [7, 11) is 0. The predicted octanol–water partition coefficient (Wildman–Crippen LogP) is 5.42. The number of aryl methyl sites for hydroxylation is 2. The highest BCUT2D eigenvalue weighted by atomic mass is 32.2. The van der Waals surface area contributed by atoms with Gasteiger partial charge in [-0.05, 0) is 33.3 Å². The molecule has 0 fully saturated rings. The van der Waals surface area contributed by atoms with E-state index in [9.17, 15) is 14.9 Å². The summed E-state index contributed by atoms with van der Waals surface area (Å²) in [5.41, 5.74) is 4.91. The van der Waals surface area contributed by atoms with E-state index in [0.717, 1.165) is 16.7 Å². The van der Waals surface area contributed by atoms with Gasteiger partial charge in [-0.15, -0.1) is 11.8 Å². The first kappa shape index (κ1) is 21.7. The molecule has 0 bridgehead atoms. The number of hydrogen-bond donors (Lipinski definition) is 0. The lowest BCUT2D eigenvalue weighted by Crippen LogP contribution is -2.28. The number of Topliss-reactive ketones (excluding diaryl/α,β-unsaturated/α-hetero) is 2. The largest absolute Gasteiger partial charge is 0.295 e. The summed E-state index contributed by atoms with van der Waals surface area (Å²) in [5, 5.41) is 10.6. The van der Waals surface area contributed by atoms with Crippen molar-refractivity contribution in [1.82, 2.24) is 0 Å². The number of nitriles is 1. The molecule has 0 spiro atoms. The number of allylic oxidation sites excluding steroid dienone is 2. The van der Waals surface area contributed by atoms with Crippen molar-refractivity contribution in [3.05, 3.63) is 82.1 Å². The Morgan fingerprint density at radius 2 is 1.77 bits per heavy atom. The second-order valence-corrected chi connectivity index (χ2v) is 8.58. The Labute approximate surface area is 181 Å². The van der Waals surface area contributed by atoms with E-state index in [2.05, 4.69) is 11.1 Å². The van der Waals surface area contributed by atoms with Crippen LogP contribution in [-0.2, 0) is 4.79 Å². The van der Waals surface area contributed by atoms with Crippen LogP contribution in [0.3, 0.4) is 0 Å². The van der Waals surface area contributed by atoms with Gasteiger partial charge >= 0.3 is 0 Å². The van der Waals surface area contributed by atoms with Crippen LogP contribution >= 0.6 is 11.8 Å². The second-order valence-electron chi connectivity index (χ2n) is 7.58. The lowest BCUT2D eigenvalue weighted by Gasteiger charge is -2.30. The van der Waals surface area contributed by atoms with Crippen LogP contribution in [0.2, 0.25) is 0 Å². The smallest absolute Gasteiger partial charge is 0.173 e. The van der Waals surface area contributed by atoms with Gasteiger partial charge in [0.25, 0.3) is 0 Å². The van der Waals surface area contributed by atoms with Crippen molar-refractivity contribution in [3.63, 3.8) is 0 Å². The Kier molecular flexibility index (Phi) is 6.69. The summed E-state index contributed by atoms with van der Waals surface area (Å²) >= 11 is 1.29. The molecule has 2 atom stereocenters. The monoisotopic (exact) mass is 416 g/mol. The highest BCUT2D eigenvalue weighted by Gasteiger charge is 2.37. The minimum atomic E-state index is -0.606. The van der Waals surface area contributed by atoms with Crippen molar-refractivity contribution in [2.45, 2.75) is 33.6 Å². The van der Waals surface area contributed by atoms with Gasteiger partial charge in [-0.3, -0.25) is 9.59 Å². The third kappa shape index (κ3) is 4.60. The van der Waals surface area contributed by atoms with Crippen LogP contribution in [0.4, 0.5) is 0 Å². The Hall–Kier alpha value is -2.97. The molecule has 0 saturated carbocycles. The molecule has 0 saturated heterocycles. The van der Waals surface area contributed by atoms with E-state index in [-0.39, 0.29) is 23.2 Å². The van der Waals surface area contributed by atoms with Gasteiger partial charge in [-0.1, -0.05) is 59.7 Å². The molecule has 1 heterocycles. The molecular formula is C25H24N2O2S. The summed E-state index contributed by atoms with van der Waals surface area (Å²) in [6.45, 7) is 7.28. The molecule has 1 unspecified atom stereocenters. The van der Waals surface area contributed by atoms with Crippen LogP contribution in [0.1, 0.15) is 46.8 Å². The number of nitrogens with zero attached hydrogens (tertiary/aromatic N) is 2. The number of hydrogen-bond acceptors (Lipinski definition) is 5. The zero-order chi connectivity index (χ0) is 21.8. The number of benzene rings is 2. The highest BCUT2D eigenvalue weighted by Crippen LogP contribution is 2.41. The molecule has 0 radical (unpaired) electrons. The molecule has 2 aromatic carbocycles. The summed E-state index contributed by atoms with van der Waals surface area (Å²) in [6.07, 6.45) is 0. The van der Waals surface area contributed by atoms with Crippen molar-refractivity contribution in [3.8, 4) is 6.07 Å². The Morgan fingerprint density at radius 1 is 1.07 bits per heavy atom. The Balaban J connectivity index is 1.93. The van der Waals surface area contributed by atoms with Crippen LogP contribution < -0.4 is 0 Å². The summed E-state index contributed by atoms with van der Waals surface area (Å²) < 4.78 is 0. The van der Waals surface area contributed by atoms with Gasteiger partial charge in [-0.2, -0.15) is 5.26 Å². The van der Waals surface area contributed by atoms with Crippen molar-refractivity contribution in [1.29, 1.82) is 5.26 Å². The van der Waals surface area contributed by atoms with Crippen LogP contribution in [-0.4, -0.2) is 22.4 Å². The molecule has 5 heteroatoms. The third-order valence-electron chi connectivity index (χ3n) is 5.22. The standard InChI is InChI=1S/C25H24N2O2S/c1-15-8-10-19(11-9-15)22(29)14-30-25-21(13-26)24(20-7-5-6-16(2)12-20)23(18(4)28)17(3)27-25/h5-12,21,24H,14H2,1-4H3/t21?,24-/m0/s1. The van der Waals surface area contributed by atoms with Gasteiger partial charge in [0, 0.05) is 22.8 Å². The highest BCUT2D eigenvalue weighted by molar-refractivity contribution is 8.14. The lowest BCUT2D eigenvalue weighted by atomic mass is 9.77. The van der Waals surface area contributed by atoms with Crippen molar-refractivity contribution < 1.29 is 9.59 Å². The second kappa shape index (κ2) is 9.23. The van der Waals surface area contributed by atoms with Gasteiger partial charge in [0.2, 0.25) is 0 Å². The normalized spacial score (nSPS) is 18.6. The number of carbonyl (C=O) groups excluding carboxylic acids is 2. The minimum Gasteiger partial charge on any atom is -0.295 e. The molecule has 1 aliphatic rings. The Bertz CT molecular complexity index is 1090. The maximum Gasteiger partial charge on any atom is 0.173 e. The van der Waals surface area contributed by atoms with E-state index in [1.54, 1.807) is 6.92 Å². The average Bonchev–Trinajstić information content (AvgIpc) is 2.71. The zero-order valence-corrected chi connectivity index (χ0v) is 18.4. The lowest BCUT2D eigenvalue weighted by molar-refractivity contribution is -0.114. The maximum atomic E-state index is 12.6. The third-order valence-corrected chi connectivity index (χ3v) is 6.27. The van der Waals surface area contributed by atoms with E-state index in [1.807, 2.05) is 62.4 Å². The average molecular weight is 417 g/mol. The van der Waals surface area contributed by atoms with Crippen LogP contribution in [0.25, 0.3) is 0 Å². The van der Waals surface area contributed by atoms with E-state index in [1.165, 1.54) is 18.7 Å². The molecule has 4 nitrogen and oxygen atoms in total. The predicted molar refractivity (Wildman–Crippen MR) is 122 cm³/mol. The van der Waals surface area contributed by atoms with E-state index in [0.29, 0.717) is 21.9 Å². The SMILES string of the molecule is CC(=O)C1=C(C)N=C(SCC(=O)c2ccc(C)cc2)C(C#N)[C@@H]1c1cccc(C)c1. The van der Waals surface area contributed by atoms with Crippen molar-refractivity contribution >= 4 is 28.4 Å². The molecule has 0 amide bonds. The van der Waals surface area contributed by atoms with E-state index in [4.69, 9.17) is 0 Å². The molecule has 1 aliphatic heterocycles. The van der Waals surface area contributed by atoms with Gasteiger partial charge in [0.1, 0.15) is 5.92 Å². The molecule has 0 aromatic heterocycles. The van der Waals surface area contributed by atoms with Gasteiger partial charge in [0.05, 0.1) is 16.9 Å². The van der Waals surface area contributed by atoms with Crippen LogP contribution in [0.5, 0.6) is 0 Å². The topological polar surface area (TPSA) is 70.3 Å². The number of rotatable bonds is 5. The first-order valence-corrected chi connectivity index (χ1v) is 10.8. The molecule has 152 valence electrons. The van der Waals surface area contributed by atoms with Crippen LogP contribution in [0.15, 0.2) is 64.8 Å². The van der Waals surface area contributed by atoms with E-state index >= 15 is 0 Å². The van der Waals surface area contributed by atoms with Crippen molar-refractivity contribution in [2.24, 2.45) is 10.9 Å². The zero-order valence-electron chi connectivity index (χ0n) is 17.6. The first-order valence-electron chi connectivity index (χ1n) is 9.81. The molecule has 3 rings (SSSR count). The maximum absolute atomic E-state index is 12.6. The van der Waals surface area contributed by atoms with Crippen molar-refractivity contribution in [2.75, 3.05) is 5.75 Å². The summed E-state index contributed by atoms with van der Waals surface area (Å²) in [6, 6.07) is 17.7. The fourth-order valence-electron chi connectivity index (χ4n) is 3.74. The van der Waals surface area contributed by atoms with Crippen LogP contribution in [0, 0.1) is 31.1 Å². The first-order chi connectivity index (χ1) is 14.3. The van der Waals surface area contributed by atoms with Gasteiger partial charge < -0.3 is 0 Å². The molecular weight excluding hydrogens is 392 g/mol. The van der Waals surface area contributed by atoms with Gasteiger partial charge in [0.15, 0.2) is 11.6 Å². The Morgan fingerprint density at radius 3 is 2.37 bits per heavy atom. The fraction of sp³-hybridized carbons (Fsp3) is 0.280. The molecule has 30 heavy (non-hydrogen) atoms. The minimum absolute atomic E-state index is 0.00880.